The van der Waals surface area contributed by atoms with Crippen molar-refractivity contribution in [2.24, 2.45) is 0 Å². The molecular weight excluding hydrogens is 280 g/mol. The lowest BCUT2D eigenvalue weighted by molar-refractivity contribution is -0.0498. The number of ether oxygens (including phenoxy) is 2. The zero-order valence-corrected chi connectivity index (χ0v) is 11.3. The Kier molecular flexibility index (Phi) is 4.81. The van der Waals surface area contributed by atoms with Crippen LogP contribution in [0.1, 0.15) is 5.56 Å². The van der Waals surface area contributed by atoms with E-state index in [4.69, 9.17) is 4.74 Å². The van der Waals surface area contributed by atoms with Crippen molar-refractivity contribution in [2.75, 3.05) is 12.4 Å². The molecule has 0 amide bonds. The van der Waals surface area contributed by atoms with Crippen molar-refractivity contribution in [1.29, 1.82) is 0 Å². The number of anilines is 1. The molecule has 0 aromatic heterocycles. The maximum atomic E-state index is 12.0. The number of alkyl halides is 2. The Balaban J connectivity index is 1.95. The monoisotopic (exact) mass is 295 g/mol. The second-order valence-corrected chi connectivity index (χ2v) is 4.26. The molecule has 2 aromatic rings. The highest BCUT2D eigenvalue weighted by Crippen LogP contribution is 2.28. The quantitative estimate of drug-likeness (QED) is 0.854. The Labute approximate surface area is 120 Å². The predicted octanol–water partition coefficient (Wildman–Crippen LogP) is 3.61. The zero-order chi connectivity index (χ0) is 15.2. The first-order valence-electron chi connectivity index (χ1n) is 6.23. The fourth-order valence-corrected chi connectivity index (χ4v) is 1.79. The van der Waals surface area contributed by atoms with Crippen LogP contribution in [0.3, 0.4) is 0 Å². The minimum absolute atomic E-state index is 0.0446. The molecule has 2 rings (SSSR count). The van der Waals surface area contributed by atoms with Gasteiger partial charge in [0.1, 0.15) is 5.75 Å². The fourth-order valence-electron chi connectivity index (χ4n) is 1.79. The van der Waals surface area contributed by atoms with Crippen LogP contribution in [0.25, 0.3) is 0 Å². The molecular formula is C15H15F2NO3. The summed E-state index contributed by atoms with van der Waals surface area (Å²) in [7, 11) is 1.48. The number of phenolic OH excluding ortho intramolecular Hbond substituents is 1. The van der Waals surface area contributed by atoms with Crippen molar-refractivity contribution in [3.8, 4) is 17.2 Å². The van der Waals surface area contributed by atoms with Gasteiger partial charge in [-0.15, -0.1) is 0 Å². The molecule has 0 aliphatic heterocycles. The number of rotatable bonds is 6. The minimum Gasteiger partial charge on any atom is -0.504 e. The Morgan fingerprint density at radius 1 is 1.14 bits per heavy atom. The van der Waals surface area contributed by atoms with Crippen LogP contribution >= 0.6 is 0 Å². The molecule has 4 nitrogen and oxygen atoms in total. The Morgan fingerprint density at radius 2 is 1.86 bits per heavy atom. The number of hydrogen-bond acceptors (Lipinski definition) is 4. The first kappa shape index (κ1) is 14.9. The van der Waals surface area contributed by atoms with Gasteiger partial charge in [0.25, 0.3) is 0 Å². The summed E-state index contributed by atoms with van der Waals surface area (Å²) in [5.74, 6) is 0.563. The molecule has 6 heteroatoms. The second-order valence-electron chi connectivity index (χ2n) is 4.26. The predicted molar refractivity (Wildman–Crippen MR) is 75.1 cm³/mol. The third-order valence-corrected chi connectivity index (χ3v) is 2.82. The van der Waals surface area contributed by atoms with E-state index in [1.54, 1.807) is 30.3 Å². The third kappa shape index (κ3) is 4.24. The van der Waals surface area contributed by atoms with Gasteiger partial charge in [-0.05, 0) is 29.8 Å². The van der Waals surface area contributed by atoms with E-state index in [9.17, 15) is 13.9 Å². The van der Waals surface area contributed by atoms with Gasteiger partial charge in [0.15, 0.2) is 11.5 Å². The van der Waals surface area contributed by atoms with E-state index in [-0.39, 0.29) is 11.5 Å². The first-order chi connectivity index (χ1) is 10.1. The molecule has 0 aliphatic carbocycles. The number of phenols is 1. The van der Waals surface area contributed by atoms with Crippen molar-refractivity contribution >= 4 is 5.69 Å². The lowest BCUT2D eigenvalue weighted by atomic mass is 10.2. The summed E-state index contributed by atoms with van der Waals surface area (Å²) < 4.78 is 33.3. The average Bonchev–Trinajstić information content (AvgIpc) is 2.46. The molecule has 21 heavy (non-hydrogen) atoms. The highest BCUT2D eigenvalue weighted by atomic mass is 19.3. The van der Waals surface area contributed by atoms with Crippen LogP contribution in [0.5, 0.6) is 17.2 Å². The number of benzene rings is 2. The van der Waals surface area contributed by atoms with Gasteiger partial charge in [-0.25, -0.2) is 0 Å². The van der Waals surface area contributed by atoms with Crippen LogP contribution in [0, 0.1) is 0 Å². The van der Waals surface area contributed by atoms with Gasteiger partial charge in [-0.3, -0.25) is 0 Å². The van der Waals surface area contributed by atoms with Gasteiger partial charge in [0.05, 0.1) is 7.11 Å². The molecule has 0 atom stereocenters. The molecule has 0 spiro atoms. The van der Waals surface area contributed by atoms with Crippen LogP contribution in [0.4, 0.5) is 14.5 Å². The van der Waals surface area contributed by atoms with Crippen LogP contribution in [0.2, 0.25) is 0 Å². The summed E-state index contributed by atoms with van der Waals surface area (Å²) in [6, 6.07) is 11.3. The van der Waals surface area contributed by atoms with E-state index in [0.29, 0.717) is 12.3 Å². The summed E-state index contributed by atoms with van der Waals surface area (Å²) in [6.07, 6.45) is 0. The molecule has 0 saturated heterocycles. The van der Waals surface area contributed by atoms with Crippen molar-refractivity contribution < 1.29 is 23.4 Å². The molecule has 112 valence electrons. The molecule has 0 saturated carbocycles. The van der Waals surface area contributed by atoms with Gasteiger partial charge >= 0.3 is 6.61 Å². The standard InChI is InChI=1S/C15H15F2NO3/c1-20-14-7-4-11(8-13(14)19)18-9-10-2-5-12(6-3-10)21-15(16)17/h2-8,15,18-19H,9H2,1H3. The molecule has 0 unspecified atom stereocenters. The fraction of sp³-hybridized carbons (Fsp3) is 0.200. The largest absolute Gasteiger partial charge is 0.504 e. The number of methoxy groups -OCH3 is 1. The lowest BCUT2D eigenvalue weighted by Gasteiger charge is -2.10. The van der Waals surface area contributed by atoms with Crippen LogP contribution < -0.4 is 14.8 Å². The van der Waals surface area contributed by atoms with Gasteiger partial charge in [-0.1, -0.05) is 12.1 Å². The van der Waals surface area contributed by atoms with Gasteiger partial charge in [0, 0.05) is 18.3 Å². The van der Waals surface area contributed by atoms with Gasteiger partial charge < -0.3 is 19.9 Å². The first-order valence-corrected chi connectivity index (χ1v) is 6.23. The molecule has 0 bridgehead atoms. The van der Waals surface area contributed by atoms with Crippen LogP contribution in [0.15, 0.2) is 42.5 Å². The highest BCUT2D eigenvalue weighted by molar-refractivity contribution is 5.54. The summed E-state index contributed by atoms with van der Waals surface area (Å²) in [5, 5.41) is 12.8. The SMILES string of the molecule is COc1ccc(NCc2ccc(OC(F)F)cc2)cc1O. The smallest absolute Gasteiger partial charge is 0.387 e. The number of hydrogen-bond donors (Lipinski definition) is 2. The lowest BCUT2D eigenvalue weighted by Crippen LogP contribution is -2.03. The zero-order valence-electron chi connectivity index (χ0n) is 11.3. The second kappa shape index (κ2) is 6.78. The third-order valence-electron chi connectivity index (χ3n) is 2.82. The molecule has 0 heterocycles. The van der Waals surface area contributed by atoms with Crippen molar-refractivity contribution in [2.45, 2.75) is 13.2 Å². The normalized spacial score (nSPS) is 10.5. The van der Waals surface area contributed by atoms with E-state index in [1.165, 1.54) is 19.2 Å². The van der Waals surface area contributed by atoms with E-state index in [1.807, 2.05) is 0 Å². The molecule has 2 aromatic carbocycles. The van der Waals surface area contributed by atoms with E-state index in [0.717, 1.165) is 11.3 Å². The Bertz CT molecular complexity index is 588. The van der Waals surface area contributed by atoms with Crippen molar-refractivity contribution in [3.63, 3.8) is 0 Å². The number of halogens is 2. The maximum Gasteiger partial charge on any atom is 0.387 e. The number of aromatic hydroxyl groups is 1. The summed E-state index contributed by atoms with van der Waals surface area (Å²) in [6.45, 7) is -2.34. The molecule has 0 fully saturated rings. The van der Waals surface area contributed by atoms with Crippen LogP contribution in [-0.2, 0) is 6.54 Å². The van der Waals surface area contributed by atoms with E-state index in [2.05, 4.69) is 10.1 Å². The molecule has 2 N–H and O–H groups in total. The Hall–Kier alpha value is -2.50. The number of nitrogens with one attached hydrogen (secondary N) is 1. The topological polar surface area (TPSA) is 50.7 Å². The van der Waals surface area contributed by atoms with E-state index >= 15 is 0 Å². The van der Waals surface area contributed by atoms with Gasteiger partial charge in [-0.2, -0.15) is 8.78 Å². The van der Waals surface area contributed by atoms with E-state index < -0.39 is 6.61 Å². The van der Waals surface area contributed by atoms with Crippen molar-refractivity contribution in [3.05, 3.63) is 48.0 Å². The molecule has 0 aliphatic rings. The average molecular weight is 295 g/mol. The maximum absolute atomic E-state index is 12.0. The highest BCUT2D eigenvalue weighted by Gasteiger charge is 2.04. The van der Waals surface area contributed by atoms with Gasteiger partial charge in [0.2, 0.25) is 0 Å². The Morgan fingerprint density at radius 3 is 2.43 bits per heavy atom. The summed E-state index contributed by atoms with van der Waals surface area (Å²) in [5.41, 5.74) is 1.62. The van der Waals surface area contributed by atoms with Crippen molar-refractivity contribution in [1.82, 2.24) is 0 Å². The summed E-state index contributed by atoms with van der Waals surface area (Å²) in [4.78, 5) is 0. The molecule has 0 radical (unpaired) electrons. The minimum atomic E-state index is -2.82. The van der Waals surface area contributed by atoms with Crippen LogP contribution in [-0.4, -0.2) is 18.8 Å². The summed E-state index contributed by atoms with van der Waals surface area (Å²) >= 11 is 0.